The molecule has 0 radical (unpaired) electrons. The lowest BCUT2D eigenvalue weighted by Gasteiger charge is -2.17. The van der Waals surface area contributed by atoms with Gasteiger partial charge in [-0.1, -0.05) is 23.7 Å². The zero-order valence-corrected chi connectivity index (χ0v) is 17.8. The van der Waals surface area contributed by atoms with E-state index < -0.39 is 17.7 Å². The van der Waals surface area contributed by atoms with Crippen molar-refractivity contribution in [3.8, 4) is 0 Å². The molecule has 0 bridgehead atoms. The first-order valence-corrected chi connectivity index (χ1v) is 10.2. The SMILES string of the molecule is COC(=O)c1ccc2c(C3CCN(Cc4ccc(Cl)c(C(F)(F)F)c4)C3)nn(C)c2c1. The molecular weight excluding hydrogens is 431 g/mol. The number of benzene rings is 2. The van der Waals surface area contributed by atoms with Crippen molar-refractivity contribution in [3.63, 3.8) is 0 Å². The van der Waals surface area contributed by atoms with Gasteiger partial charge in [0.2, 0.25) is 0 Å². The van der Waals surface area contributed by atoms with E-state index in [9.17, 15) is 18.0 Å². The van der Waals surface area contributed by atoms with Crippen molar-refractivity contribution in [2.24, 2.45) is 7.05 Å². The second kappa shape index (κ2) is 8.16. The number of rotatable bonds is 4. The van der Waals surface area contributed by atoms with Crippen molar-refractivity contribution in [1.29, 1.82) is 0 Å². The number of esters is 1. The number of hydrogen-bond acceptors (Lipinski definition) is 4. The summed E-state index contributed by atoms with van der Waals surface area (Å²) in [6.45, 7) is 1.86. The van der Waals surface area contributed by atoms with Crippen LogP contribution in [0, 0.1) is 0 Å². The highest BCUT2D eigenvalue weighted by Gasteiger charge is 2.34. The van der Waals surface area contributed by atoms with Gasteiger partial charge in [-0.2, -0.15) is 18.3 Å². The third kappa shape index (κ3) is 4.27. The van der Waals surface area contributed by atoms with E-state index in [1.165, 1.54) is 13.2 Å². The van der Waals surface area contributed by atoms with Gasteiger partial charge in [-0.15, -0.1) is 0 Å². The molecule has 2 heterocycles. The molecule has 31 heavy (non-hydrogen) atoms. The maximum atomic E-state index is 13.1. The Labute approximate surface area is 182 Å². The normalized spacial score (nSPS) is 17.4. The van der Waals surface area contributed by atoms with Crippen LogP contribution in [-0.4, -0.2) is 40.8 Å². The summed E-state index contributed by atoms with van der Waals surface area (Å²) in [5, 5.41) is 5.34. The van der Waals surface area contributed by atoms with Gasteiger partial charge < -0.3 is 4.74 Å². The third-order valence-corrected chi connectivity index (χ3v) is 6.03. The summed E-state index contributed by atoms with van der Waals surface area (Å²) in [6, 6.07) is 9.42. The van der Waals surface area contributed by atoms with Crippen LogP contribution in [0.15, 0.2) is 36.4 Å². The molecule has 1 aliphatic heterocycles. The lowest BCUT2D eigenvalue weighted by Crippen LogP contribution is -2.20. The van der Waals surface area contributed by atoms with Crippen LogP contribution in [0.5, 0.6) is 0 Å². The molecule has 0 N–H and O–H groups in total. The predicted octanol–water partition coefficient (Wildman–Crippen LogP) is 5.02. The number of likely N-dealkylation sites (tertiary alicyclic amines) is 1. The molecule has 2 aromatic carbocycles. The second-order valence-electron chi connectivity index (χ2n) is 7.77. The summed E-state index contributed by atoms with van der Waals surface area (Å²) < 4.78 is 45.9. The van der Waals surface area contributed by atoms with Crippen LogP contribution in [0.3, 0.4) is 0 Å². The smallest absolute Gasteiger partial charge is 0.417 e. The molecule has 1 fully saturated rings. The first kappa shape index (κ1) is 21.6. The Morgan fingerprint density at radius 1 is 1.26 bits per heavy atom. The number of methoxy groups -OCH3 is 1. The first-order chi connectivity index (χ1) is 14.7. The molecule has 9 heteroatoms. The van der Waals surface area contributed by atoms with E-state index in [1.807, 2.05) is 13.1 Å². The number of aryl methyl sites for hydroxylation is 1. The minimum absolute atomic E-state index is 0.155. The Kier molecular flexibility index (Phi) is 5.70. The van der Waals surface area contributed by atoms with Crippen LogP contribution in [-0.2, 0) is 24.5 Å². The second-order valence-corrected chi connectivity index (χ2v) is 8.17. The molecule has 1 saturated heterocycles. The number of hydrogen-bond donors (Lipinski definition) is 0. The van der Waals surface area contributed by atoms with E-state index in [-0.39, 0.29) is 10.9 Å². The van der Waals surface area contributed by atoms with Gasteiger partial charge in [0.1, 0.15) is 0 Å². The van der Waals surface area contributed by atoms with Crippen LogP contribution in [0.2, 0.25) is 5.02 Å². The van der Waals surface area contributed by atoms with E-state index in [0.29, 0.717) is 24.2 Å². The highest BCUT2D eigenvalue weighted by atomic mass is 35.5. The number of fused-ring (bicyclic) bond motifs is 1. The Morgan fingerprint density at radius 3 is 2.74 bits per heavy atom. The van der Waals surface area contributed by atoms with Crippen molar-refractivity contribution < 1.29 is 22.7 Å². The Bertz CT molecular complexity index is 1140. The fraction of sp³-hybridized carbons (Fsp3) is 0.364. The van der Waals surface area contributed by atoms with Gasteiger partial charge in [0.25, 0.3) is 0 Å². The van der Waals surface area contributed by atoms with E-state index in [2.05, 4.69) is 10.00 Å². The molecule has 0 saturated carbocycles. The number of carbonyl (C=O) groups excluding carboxylic acids is 1. The number of alkyl halides is 3. The van der Waals surface area contributed by atoms with E-state index >= 15 is 0 Å². The quantitative estimate of drug-likeness (QED) is 0.522. The predicted molar refractivity (Wildman–Crippen MR) is 111 cm³/mol. The van der Waals surface area contributed by atoms with Crippen LogP contribution in [0.25, 0.3) is 10.9 Å². The Balaban J connectivity index is 1.53. The minimum atomic E-state index is -4.48. The summed E-state index contributed by atoms with van der Waals surface area (Å²) in [6.07, 6.45) is -3.62. The zero-order valence-electron chi connectivity index (χ0n) is 17.0. The molecule has 1 atom stereocenters. The molecular formula is C22H21ClF3N3O2. The monoisotopic (exact) mass is 451 g/mol. The van der Waals surface area contributed by atoms with Gasteiger partial charge in [-0.3, -0.25) is 9.58 Å². The van der Waals surface area contributed by atoms with Crippen molar-refractivity contribution in [2.75, 3.05) is 20.2 Å². The van der Waals surface area contributed by atoms with Gasteiger partial charge in [-0.05, 0) is 42.8 Å². The lowest BCUT2D eigenvalue weighted by molar-refractivity contribution is -0.137. The Hall–Kier alpha value is -2.58. The van der Waals surface area contributed by atoms with Crippen LogP contribution in [0.4, 0.5) is 13.2 Å². The van der Waals surface area contributed by atoms with Gasteiger partial charge in [0, 0.05) is 31.4 Å². The molecule has 0 spiro atoms. The molecule has 0 aliphatic carbocycles. The van der Waals surface area contributed by atoms with Gasteiger partial charge in [0.05, 0.1) is 34.5 Å². The molecule has 164 valence electrons. The lowest BCUT2D eigenvalue weighted by atomic mass is 10.0. The molecule has 1 aliphatic rings. The number of halogens is 4. The summed E-state index contributed by atoms with van der Waals surface area (Å²) in [5.74, 6) is -0.250. The topological polar surface area (TPSA) is 47.4 Å². The van der Waals surface area contributed by atoms with Crippen molar-refractivity contribution in [1.82, 2.24) is 14.7 Å². The Morgan fingerprint density at radius 2 is 2.03 bits per heavy atom. The summed E-state index contributed by atoms with van der Waals surface area (Å²) in [7, 11) is 3.17. The zero-order chi connectivity index (χ0) is 22.3. The fourth-order valence-electron chi connectivity index (χ4n) is 4.18. The average Bonchev–Trinajstić information content (AvgIpc) is 3.32. The summed E-state index contributed by atoms with van der Waals surface area (Å²) in [4.78, 5) is 13.9. The van der Waals surface area contributed by atoms with Gasteiger partial charge in [-0.25, -0.2) is 4.79 Å². The first-order valence-electron chi connectivity index (χ1n) is 9.80. The van der Waals surface area contributed by atoms with Crippen LogP contribution in [0.1, 0.15) is 39.5 Å². The van der Waals surface area contributed by atoms with E-state index in [0.717, 1.165) is 35.6 Å². The molecule has 1 unspecified atom stereocenters. The standard InChI is InChI=1S/C22H21ClF3N3O2/c1-28-19-10-14(21(30)31-2)4-5-16(19)20(27-28)15-7-8-29(12-15)11-13-3-6-18(23)17(9-13)22(24,25)26/h3-6,9-10,15H,7-8,11-12H2,1-2H3. The maximum absolute atomic E-state index is 13.1. The number of nitrogens with zero attached hydrogens (tertiary/aromatic N) is 3. The van der Waals surface area contributed by atoms with Crippen LogP contribution < -0.4 is 0 Å². The number of ether oxygens (including phenoxy) is 1. The maximum Gasteiger partial charge on any atom is 0.417 e. The summed E-state index contributed by atoms with van der Waals surface area (Å²) >= 11 is 5.73. The van der Waals surface area contributed by atoms with E-state index in [1.54, 1.807) is 22.9 Å². The van der Waals surface area contributed by atoms with Crippen molar-refractivity contribution in [2.45, 2.75) is 25.1 Å². The fourth-order valence-corrected chi connectivity index (χ4v) is 4.40. The molecule has 1 aromatic heterocycles. The number of carbonyl (C=O) groups is 1. The van der Waals surface area contributed by atoms with Gasteiger partial charge >= 0.3 is 12.1 Å². The molecule has 4 rings (SSSR count). The minimum Gasteiger partial charge on any atom is -0.465 e. The van der Waals surface area contributed by atoms with Crippen LogP contribution >= 0.6 is 11.6 Å². The molecule has 0 amide bonds. The van der Waals surface area contributed by atoms with Crippen molar-refractivity contribution in [3.05, 3.63) is 63.8 Å². The van der Waals surface area contributed by atoms with E-state index in [4.69, 9.17) is 16.3 Å². The van der Waals surface area contributed by atoms with Gasteiger partial charge in [0.15, 0.2) is 0 Å². The summed E-state index contributed by atoms with van der Waals surface area (Å²) in [5.41, 5.74) is 2.00. The highest BCUT2D eigenvalue weighted by Crippen LogP contribution is 2.36. The van der Waals surface area contributed by atoms with Crippen molar-refractivity contribution >= 4 is 28.5 Å². The highest BCUT2D eigenvalue weighted by molar-refractivity contribution is 6.31. The number of aromatic nitrogens is 2. The largest absolute Gasteiger partial charge is 0.465 e. The molecule has 3 aromatic rings. The third-order valence-electron chi connectivity index (χ3n) is 5.70. The average molecular weight is 452 g/mol. The molecule has 5 nitrogen and oxygen atoms in total.